The summed E-state index contributed by atoms with van der Waals surface area (Å²) in [5.41, 5.74) is 0.913. The van der Waals surface area contributed by atoms with Crippen molar-refractivity contribution in [2.45, 2.75) is 40.5 Å². The average Bonchev–Trinajstić information content (AvgIpc) is 3.05. The standard InChI is InChI=1S/C8H10N4O.C4H10.C2H5NO.C2H6/c1-9-7-3-6-5(4-10-7)8(13-2)12-11-6;1-3-4-2;1-3-2-4;1-2/h3-4H,1-2H3,(H,9,10)(H,11,12);3-4H2,1-2H3;2H,1H3,(H,3,4);1-2H3. The number of nitrogens with zero attached hydrogens (tertiary/aromatic N) is 2. The molecule has 0 aromatic carbocycles. The van der Waals surface area contributed by atoms with E-state index in [2.05, 4.69) is 39.7 Å². The fourth-order valence-corrected chi connectivity index (χ4v) is 1.18. The molecule has 3 N–H and O–H groups in total. The van der Waals surface area contributed by atoms with E-state index >= 15 is 0 Å². The lowest BCUT2D eigenvalue weighted by atomic mass is 10.3. The van der Waals surface area contributed by atoms with Crippen LogP contribution < -0.4 is 15.4 Å². The summed E-state index contributed by atoms with van der Waals surface area (Å²) in [6.07, 6.45) is 4.99. The third-order valence-corrected chi connectivity index (χ3v) is 2.48. The highest BCUT2D eigenvalue weighted by molar-refractivity contribution is 5.84. The molecular formula is C16H31N5O2. The fraction of sp³-hybridized carbons (Fsp3) is 0.562. The lowest BCUT2D eigenvalue weighted by Gasteiger charge is -1.97. The molecule has 132 valence electrons. The van der Waals surface area contributed by atoms with E-state index in [-0.39, 0.29) is 0 Å². The number of rotatable bonds is 4. The molecular weight excluding hydrogens is 294 g/mol. The molecule has 7 heteroatoms. The first-order valence-electron chi connectivity index (χ1n) is 7.85. The highest BCUT2D eigenvalue weighted by Crippen LogP contribution is 2.22. The van der Waals surface area contributed by atoms with E-state index in [9.17, 15) is 0 Å². The molecule has 2 heterocycles. The molecule has 0 atom stereocenters. The fourth-order valence-electron chi connectivity index (χ4n) is 1.18. The van der Waals surface area contributed by atoms with Gasteiger partial charge in [-0.3, -0.25) is 9.89 Å². The van der Waals surface area contributed by atoms with Crippen LogP contribution >= 0.6 is 0 Å². The van der Waals surface area contributed by atoms with E-state index in [4.69, 9.17) is 9.53 Å². The number of amides is 1. The second kappa shape index (κ2) is 16.1. The maximum atomic E-state index is 9.06. The zero-order chi connectivity index (χ0) is 18.1. The molecule has 0 bridgehead atoms. The van der Waals surface area contributed by atoms with E-state index in [0.717, 1.165) is 16.7 Å². The van der Waals surface area contributed by atoms with Gasteiger partial charge in [0, 0.05) is 26.4 Å². The predicted molar refractivity (Wildman–Crippen MR) is 97.0 cm³/mol. The van der Waals surface area contributed by atoms with E-state index in [1.54, 1.807) is 20.4 Å². The monoisotopic (exact) mass is 325 g/mol. The summed E-state index contributed by atoms with van der Waals surface area (Å²) in [5, 5.41) is 12.9. The molecule has 0 radical (unpaired) electrons. The molecule has 0 saturated carbocycles. The molecule has 0 aliphatic heterocycles. The first-order valence-corrected chi connectivity index (χ1v) is 7.85. The summed E-state index contributed by atoms with van der Waals surface area (Å²) >= 11 is 0. The molecule has 0 aliphatic carbocycles. The van der Waals surface area contributed by atoms with E-state index in [1.807, 2.05) is 27.0 Å². The van der Waals surface area contributed by atoms with Crippen molar-refractivity contribution in [3.8, 4) is 5.88 Å². The third-order valence-electron chi connectivity index (χ3n) is 2.48. The zero-order valence-electron chi connectivity index (χ0n) is 15.4. The number of methoxy groups -OCH3 is 1. The summed E-state index contributed by atoms with van der Waals surface area (Å²) in [7, 11) is 4.97. The van der Waals surface area contributed by atoms with Crippen LogP contribution in [0.3, 0.4) is 0 Å². The number of hydrogen-bond donors (Lipinski definition) is 3. The van der Waals surface area contributed by atoms with Crippen LogP contribution in [0.25, 0.3) is 10.9 Å². The van der Waals surface area contributed by atoms with Gasteiger partial charge in [0.1, 0.15) is 5.82 Å². The van der Waals surface area contributed by atoms with Crippen LogP contribution in [0.15, 0.2) is 12.3 Å². The number of aromatic nitrogens is 3. The summed E-state index contributed by atoms with van der Waals surface area (Å²) in [6, 6.07) is 1.88. The molecule has 1 amide bonds. The van der Waals surface area contributed by atoms with Crippen molar-refractivity contribution < 1.29 is 9.53 Å². The normalized spacial score (nSPS) is 8.30. The Morgan fingerprint density at radius 3 is 2.22 bits per heavy atom. The minimum atomic E-state index is 0.574. The number of nitrogens with one attached hydrogen (secondary N) is 3. The number of ether oxygens (including phenoxy) is 1. The molecule has 2 aromatic heterocycles. The Bertz CT molecular complexity index is 512. The highest BCUT2D eigenvalue weighted by atomic mass is 16.5. The van der Waals surface area contributed by atoms with Crippen molar-refractivity contribution >= 4 is 23.1 Å². The molecule has 23 heavy (non-hydrogen) atoms. The van der Waals surface area contributed by atoms with Crippen molar-refractivity contribution in [2.24, 2.45) is 0 Å². The third kappa shape index (κ3) is 9.34. The number of carbonyl (C=O) groups is 1. The van der Waals surface area contributed by atoms with Crippen LogP contribution in [0.1, 0.15) is 40.5 Å². The van der Waals surface area contributed by atoms with Crippen molar-refractivity contribution in [2.75, 3.05) is 26.5 Å². The molecule has 0 spiro atoms. The number of fused-ring (bicyclic) bond motifs is 1. The van der Waals surface area contributed by atoms with Gasteiger partial charge in [-0.25, -0.2) is 4.98 Å². The molecule has 0 unspecified atom stereocenters. The van der Waals surface area contributed by atoms with Gasteiger partial charge in [0.15, 0.2) is 0 Å². The van der Waals surface area contributed by atoms with Crippen molar-refractivity contribution in [3.63, 3.8) is 0 Å². The Balaban J connectivity index is 0. The number of anilines is 1. The van der Waals surface area contributed by atoms with Crippen molar-refractivity contribution in [1.82, 2.24) is 20.5 Å². The van der Waals surface area contributed by atoms with Gasteiger partial charge in [0.2, 0.25) is 12.3 Å². The van der Waals surface area contributed by atoms with Crippen LogP contribution in [0.4, 0.5) is 5.82 Å². The topological polar surface area (TPSA) is 91.9 Å². The minimum Gasteiger partial charge on any atom is -0.479 e. The van der Waals surface area contributed by atoms with Gasteiger partial charge in [0.25, 0.3) is 0 Å². The number of pyridine rings is 1. The number of carbonyl (C=O) groups excluding carboxylic acids is 1. The maximum absolute atomic E-state index is 9.06. The maximum Gasteiger partial charge on any atom is 0.241 e. The van der Waals surface area contributed by atoms with Crippen LogP contribution in [0.2, 0.25) is 0 Å². The number of unbranched alkanes of at least 4 members (excludes halogenated alkanes) is 1. The van der Waals surface area contributed by atoms with Gasteiger partial charge in [-0.2, -0.15) is 0 Å². The highest BCUT2D eigenvalue weighted by Gasteiger charge is 2.05. The molecule has 7 nitrogen and oxygen atoms in total. The van der Waals surface area contributed by atoms with Gasteiger partial charge in [-0.1, -0.05) is 40.5 Å². The summed E-state index contributed by atoms with van der Waals surface area (Å²) in [5.74, 6) is 1.38. The average molecular weight is 325 g/mol. The Labute approximate surface area is 139 Å². The molecule has 2 aromatic rings. The Morgan fingerprint density at radius 2 is 1.83 bits per heavy atom. The van der Waals surface area contributed by atoms with Crippen LogP contribution in [-0.2, 0) is 4.79 Å². The first-order chi connectivity index (χ1) is 11.2. The van der Waals surface area contributed by atoms with Gasteiger partial charge in [-0.15, -0.1) is 5.10 Å². The smallest absolute Gasteiger partial charge is 0.241 e. The van der Waals surface area contributed by atoms with Crippen molar-refractivity contribution in [1.29, 1.82) is 0 Å². The van der Waals surface area contributed by atoms with Crippen molar-refractivity contribution in [3.05, 3.63) is 12.3 Å². The minimum absolute atomic E-state index is 0.574. The van der Waals surface area contributed by atoms with Gasteiger partial charge < -0.3 is 15.4 Å². The first kappa shape index (κ1) is 23.0. The predicted octanol–water partition coefficient (Wildman–Crippen LogP) is 3.20. The Morgan fingerprint density at radius 1 is 1.26 bits per heavy atom. The number of hydrogen-bond acceptors (Lipinski definition) is 5. The SMILES string of the molecule is CC.CCCC.CNC=O.CNc1cc2[nH]nc(OC)c2cn1. The van der Waals surface area contributed by atoms with E-state index in [1.165, 1.54) is 12.8 Å². The van der Waals surface area contributed by atoms with E-state index < -0.39 is 0 Å². The Kier molecular flexibility index (Phi) is 16.0. The molecule has 0 aliphatic rings. The van der Waals surface area contributed by atoms with Crippen LogP contribution in [0.5, 0.6) is 5.88 Å². The zero-order valence-corrected chi connectivity index (χ0v) is 15.4. The van der Waals surface area contributed by atoms with Crippen LogP contribution in [-0.4, -0.2) is 42.8 Å². The van der Waals surface area contributed by atoms with Gasteiger partial charge in [-0.05, 0) is 0 Å². The lowest BCUT2D eigenvalue weighted by Crippen LogP contribution is -1.98. The largest absolute Gasteiger partial charge is 0.479 e. The summed E-state index contributed by atoms with van der Waals surface area (Å²) < 4.78 is 5.04. The molecule has 0 fully saturated rings. The lowest BCUT2D eigenvalue weighted by molar-refractivity contribution is -0.109. The van der Waals surface area contributed by atoms with E-state index in [0.29, 0.717) is 12.3 Å². The quantitative estimate of drug-likeness (QED) is 0.751. The van der Waals surface area contributed by atoms with Crippen LogP contribution in [0, 0.1) is 0 Å². The second-order valence-corrected chi connectivity index (χ2v) is 4.00. The summed E-state index contributed by atoms with van der Waals surface area (Å²) in [6.45, 7) is 8.36. The van der Waals surface area contributed by atoms with Gasteiger partial charge >= 0.3 is 0 Å². The summed E-state index contributed by atoms with van der Waals surface area (Å²) in [4.78, 5) is 13.2. The molecule has 0 saturated heterocycles. The van der Waals surface area contributed by atoms with Gasteiger partial charge in [0.05, 0.1) is 18.0 Å². The number of aromatic amines is 1. The number of H-pyrrole nitrogens is 1. The second-order valence-electron chi connectivity index (χ2n) is 4.00. The molecule has 2 rings (SSSR count). The Hall–Kier alpha value is -2.31.